The van der Waals surface area contributed by atoms with Crippen LogP contribution in [0.1, 0.15) is 24.1 Å². The van der Waals surface area contributed by atoms with Gasteiger partial charge in [-0.05, 0) is 37.5 Å². The molecule has 0 bridgehead atoms. The molecule has 0 aliphatic heterocycles. The van der Waals surface area contributed by atoms with Gasteiger partial charge in [0.25, 0.3) is 0 Å². The number of hydrogen-bond donors (Lipinski definition) is 1. The van der Waals surface area contributed by atoms with Crippen molar-refractivity contribution in [1.29, 1.82) is 0 Å². The molecule has 7 heteroatoms. The molecule has 1 N–H and O–H groups in total. The van der Waals surface area contributed by atoms with Crippen molar-refractivity contribution in [2.75, 3.05) is 5.75 Å². The van der Waals surface area contributed by atoms with E-state index < -0.39 is 21.0 Å². The Morgan fingerprint density at radius 1 is 1.32 bits per heavy atom. The Morgan fingerprint density at radius 2 is 1.95 bits per heavy atom. The number of halogens is 1. The van der Waals surface area contributed by atoms with Crippen LogP contribution in [0.5, 0.6) is 0 Å². The fourth-order valence-corrected chi connectivity index (χ4v) is 3.96. The van der Waals surface area contributed by atoms with Crippen molar-refractivity contribution in [2.24, 2.45) is 0 Å². The molecule has 2 aromatic rings. The highest BCUT2D eigenvalue weighted by molar-refractivity contribution is 7.92. The average Bonchev–Trinajstić information content (AvgIpc) is 3.15. The topological polar surface area (TPSA) is 79.9 Å². The highest BCUT2D eigenvalue weighted by Gasteiger charge is 2.51. The maximum atomic E-state index is 12.6. The molecule has 0 amide bonds. The number of Topliss-reactive ketones (excluding diaryl/α,β-unsaturated/α-hetero) is 1. The van der Waals surface area contributed by atoms with Gasteiger partial charge in [0.2, 0.25) is 15.0 Å². The van der Waals surface area contributed by atoms with Crippen LogP contribution in [-0.2, 0) is 20.0 Å². The Morgan fingerprint density at radius 3 is 2.45 bits per heavy atom. The van der Waals surface area contributed by atoms with Gasteiger partial charge in [0.05, 0.1) is 5.41 Å². The van der Waals surface area contributed by atoms with E-state index in [0.717, 1.165) is 5.56 Å². The molecule has 0 radical (unpaired) electrons. The summed E-state index contributed by atoms with van der Waals surface area (Å²) in [4.78, 5) is 19.0. The lowest BCUT2D eigenvalue weighted by Crippen LogP contribution is -2.28. The van der Waals surface area contributed by atoms with Crippen LogP contribution < -0.4 is 0 Å². The number of carbonyl (C=O) groups excluding carboxylic acids is 1. The van der Waals surface area contributed by atoms with Crippen molar-refractivity contribution < 1.29 is 13.2 Å². The Kier molecular flexibility index (Phi) is 3.61. The molecule has 0 unspecified atom stereocenters. The van der Waals surface area contributed by atoms with E-state index in [2.05, 4.69) is 9.97 Å². The van der Waals surface area contributed by atoms with E-state index in [1.165, 1.54) is 6.20 Å². The molecule has 1 aromatic heterocycles. The van der Waals surface area contributed by atoms with E-state index in [1.807, 2.05) is 0 Å². The molecule has 1 aromatic carbocycles. The highest BCUT2D eigenvalue weighted by Crippen LogP contribution is 2.49. The molecule has 0 spiro atoms. The Balaban J connectivity index is 1.84. The summed E-state index contributed by atoms with van der Waals surface area (Å²) in [5, 5.41) is 0.441. The van der Waals surface area contributed by atoms with E-state index in [-0.39, 0.29) is 10.9 Å². The number of H-pyrrole nitrogens is 1. The minimum absolute atomic E-state index is 0.148. The fourth-order valence-electron chi connectivity index (χ4n) is 2.55. The molecular formula is C15H15ClN2O3S. The van der Waals surface area contributed by atoms with Crippen LogP contribution in [0.25, 0.3) is 0 Å². The number of nitrogens with zero attached hydrogens (tertiary/aromatic N) is 1. The molecule has 0 atom stereocenters. The standard InChI is InChI=1S/C15H15ClN2O3S/c1-10-8-17-14(18-10)22(20,21)9-13(19)15(6-7-15)11-2-4-12(16)5-3-11/h2-5,8H,6-7,9H2,1H3,(H,17,18). The number of rotatable bonds is 5. The minimum Gasteiger partial charge on any atom is -0.333 e. The first-order valence-electron chi connectivity index (χ1n) is 6.87. The summed E-state index contributed by atoms with van der Waals surface area (Å²) in [7, 11) is -3.74. The van der Waals surface area contributed by atoms with E-state index in [0.29, 0.717) is 23.6 Å². The molecular weight excluding hydrogens is 324 g/mol. The molecule has 3 rings (SSSR count). The lowest BCUT2D eigenvalue weighted by atomic mass is 9.92. The van der Waals surface area contributed by atoms with Crippen LogP contribution >= 0.6 is 11.6 Å². The first-order valence-corrected chi connectivity index (χ1v) is 8.90. The maximum Gasteiger partial charge on any atom is 0.225 e. The second-order valence-electron chi connectivity index (χ2n) is 5.64. The zero-order valence-electron chi connectivity index (χ0n) is 12.0. The van der Waals surface area contributed by atoms with Crippen LogP contribution in [-0.4, -0.2) is 29.9 Å². The van der Waals surface area contributed by atoms with Crippen LogP contribution in [0.3, 0.4) is 0 Å². The van der Waals surface area contributed by atoms with E-state index in [4.69, 9.17) is 11.6 Å². The zero-order valence-corrected chi connectivity index (χ0v) is 13.5. The van der Waals surface area contributed by atoms with Gasteiger partial charge >= 0.3 is 0 Å². The van der Waals surface area contributed by atoms with Gasteiger partial charge in [-0.2, -0.15) is 0 Å². The summed E-state index contributed by atoms with van der Waals surface area (Å²) in [5.74, 6) is -0.827. The number of imidazole rings is 1. The summed E-state index contributed by atoms with van der Waals surface area (Å²) in [6, 6.07) is 7.01. The normalized spacial score (nSPS) is 16.5. The van der Waals surface area contributed by atoms with Gasteiger partial charge in [0.1, 0.15) is 5.75 Å². The molecule has 1 fully saturated rings. The number of benzene rings is 1. The number of aromatic nitrogens is 2. The quantitative estimate of drug-likeness (QED) is 0.908. The van der Waals surface area contributed by atoms with Gasteiger partial charge in [0.15, 0.2) is 5.78 Å². The number of hydrogen-bond acceptors (Lipinski definition) is 4. The van der Waals surface area contributed by atoms with Gasteiger partial charge in [-0.25, -0.2) is 13.4 Å². The lowest BCUT2D eigenvalue weighted by molar-refractivity contribution is -0.119. The van der Waals surface area contributed by atoms with Crippen LogP contribution in [0.2, 0.25) is 5.02 Å². The number of aryl methyl sites for hydroxylation is 1. The van der Waals surface area contributed by atoms with E-state index in [1.54, 1.807) is 31.2 Å². The number of ketones is 1. The Bertz CT molecular complexity index is 821. The monoisotopic (exact) mass is 338 g/mol. The second-order valence-corrected chi connectivity index (χ2v) is 7.98. The number of carbonyl (C=O) groups is 1. The number of sulfone groups is 1. The molecule has 1 aliphatic rings. The van der Waals surface area contributed by atoms with Crippen LogP contribution in [0.4, 0.5) is 0 Å². The third-order valence-corrected chi connectivity index (χ3v) is 5.67. The van der Waals surface area contributed by atoms with Crippen molar-refractivity contribution in [3.8, 4) is 0 Å². The lowest BCUT2D eigenvalue weighted by Gasteiger charge is -2.14. The second kappa shape index (κ2) is 5.21. The third kappa shape index (κ3) is 2.68. The Hall–Kier alpha value is -1.66. The van der Waals surface area contributed by atoms with Gasteiger partial charge in [-0.15, -0.1) is 0 Å². The van der Waals surface area contributed by atoms with Crippen molar-refractivity contribution in [2.45, 2.75) is 30.3 Å². The number of nitrogens with one attached hydrogen (secondary N) is 1. The highest BCUT2D eigenvalue weighted by atomic mass is 35.5. The summed E-state index contributed by atoms with van der Waals surface area (Å²) >= 11 is 5.86. The average molecular weight is 339 g/mol. The van der Waals surface area contributed by atoms with Crippen molar-refractivity contribution in [3.63, 3.8) is 0 Å². The zero-order chi connectivity index (χ0) is 16.0. The molecule has 1 heterocycles. The van der Waals surface area contributed by atoms with Crippen LogP contribution in [0, 0.1) is 6.92 Å². The van der Waals surface area contributed by atoms with Gasteiger partial charge in [-0.1, -0.05) is 23.7 Å². The molecule has 0 saturated heterocycles. The molecule has 116 valence electrons. The number of aromatic amines is 1. The molecule has 1 saturated carbocycles. The maximum absolute atomic E-state index is 12.6. The smallest absolute Gasteiger partial charge is 0.225 e. The van der Waals surface area contributed by atoms with E-state index in [9.17, 15) is 13.2 Å². The summed E-state index contributed by atoms with van der Waals surface area (Å²) in [5.41, 5.74) is 0.789. The SMILES string of the molecule is Cc1cnc(S(=O)(=O)CC(=O)C2(c3ccc(Cl)cc3)CC2)[nH]1. The summed E-state index contributed by atoms with van der Waals surface area (Å²) in [6.45, 7) is 1.71. The van der Waals surface area contributed by atoms with E-state index >= 15 is 0 Å². The van der Waals surface area contributed by atoms with Gasteiger partial charge in [0, 0.05) is 16.9 Å². The summed E-state index contributed by atoms with van der Waals surface area (Å²) < 4.78 is 24.6. The predicted octanol–water partition coefficient (Wildman–Crippen LogP) is 2.45. The van der Waals surface area contributed by atoms with Crippen molar-refractivity contribution in [3.05, 3.63) is 46.7 Å². The predicted molar refractivity (Wildman–Crippen MR) is 82.7 cm³/mol. The third-order valence-electron chi connectivity index (χ3n) is 3.98. The van der Waals surface area contributed by atoms with Gasteiger partial charge in [-0.3, -0.25) is 4.79 Å². The minimum atomic E-state index is -3.74. The van der Waals surface area contributed by atoms with Crippen molar-refractivity contribution >= 4 is 27.2 Å². The van der Waals surface area contributed by atoms with Gasteiger partial charge < -0.3 is 4.98 Å². The van der Waals surface area contributed by atoms with Crippen LogP contribution in [0.15, 0.2) is 35.6 Å². The first kappa shape index (κ1) is 15.2. The summed E-state index contributed by atoms with van der Waals surface area (Å²) in [6.07, 6.45) is 2.77. The Labute approximate surface area is 133 Å². The van der Waals surface area contributed by atoms with Crippen molar-refractivity contribution in [1.82, 2.24) is 9.97 Å². The molecule has 22 heavy (non-hydrogen) atoms. The molecule has 1 aliphatic carbocycles. The molecule has 5 nitrogen and oxygen atoms in total. The first-order chi connectivity index (χ1) is 10.3. The fraction of sp³-hybridized carbons (Fsp3) is 0.333. The largest absolute Gasteiger partial charge is 0.333 e.